The van der Waals surface area contributed by atoms with E-state index in [1.165, 1.54) is 35.8 Å². The third-order valence-electron chi connectivity index (χ3n) is 9.73. The van der Waals surface area contributed by atoms with Gasteiger partial charge in [0, 0.05) is 27.6 Å². The maximum Gasteiger partial charge on any atom is 0.329 e. The summed E-state index contributed by atoms with van der Waals surface area (Å²) in [5.74, 6) is -3.51. The fourth-order valence-electron chi connectivity index (χ4n) is 5.94. The lowest BCUT2D eigenvalue weighted by Crippen LogP contribution is -2.57. The zero-order valence-electron chi connectivity index (χ0n) is 34.0. The van der Waals surface area contributed by atoms with E-state index in [1.54, 1.807) is 52.1 Å². The number of carbonyl (C=O) groups excluding carboxylic acids is 6. The molecule has 0 saturated heterocycles. The van der Waals surface area contributed by atoms with Gasteiger partial charge in [-0.3, -0.25) is 24.0 Å². The predicted molar refractivity (Wildman–Crippen MR) is 208 cm³/mol. The van der Waals surface area contributed by atoms with Crippen LogP contribution in [0.4, 0.5) is 0 Å². The number of likely N-dealkylation sites (N-methyl/N-ethyl adjacent to an activating group) is 3. The summed E-state index contributed by atoms with van der Waals surface area (Å²) >= 11 is 0. The minimum atomic E-state index is -1.27. The van der Waals surface area contributed by atoms with Gasteiger partial charge in [0.15, 0.2) is 0 Å². The molecule has 0 saturated carbocycles. The highest BCUT2D eigenvalue weighted by molar-refractivity contribution is 5.94. The molecule has 0 aliphatic heterocycles. The molecule has 5 atom stereocenters. The Bertz CT molecular complexity index is 1570. The molecule has 0 aliphatic carbocycles. The van der Waals surface area contributed by atoms with E-state index in [0.717, 1.165) is 11.1 Å². The number of hydrogen-bond donors (Lipinski definition) is 3. The fourth-order valence-corrected chi connectivity index (χ4v) is 5.94. The van der Waals surface area contributed by atoms with Crippen LogP contribution in [-0.4, -0.2) is 121 Å². The Hall–Kier alpha value is -4.98. The van der Waals surface area contributed by atoms with E-state index in [-0.39, 0.29) is 37.2 Å². The van der Waals surface area contributed by atoms with Crippen molar-refractivity contribution in [3.05, 3.63) is 65.7 Å². The number of hydrogen-bond acceptors (Lipinski definition) is 9. The first-order valence-electron chi connectivity index (χ1n) is 18.8. The molecule has 304 valence electrons. The van der Waals surface area contributed by atoms with Gasteiger partial charge in [0.2, 0.25) is 29.5 Å². The van der Waals surface area contributed by atoms with Crippen molar-refractivity contribution in [3.63, 3.8) is 0 Å². The van der Waals surface area contributed by atoms with E-state index in [4.69, 9.17) is 9.47 Å². The second-order valence-electron chi connectivity index (χ2n) is 14.7. The summed E-state index contributed by atoms with van der Waals surface area (Å²) in [5, 5.41) is 15.2. The molecule has 14 nitrogen and oxygen atoms in total. The van der Waals surface area contributed by atoms with Crippen molar-refractivity contribution in [1.29, 1.82) is 0 Å². The molecule has 0 radical (unpaired) electrons. The van der Waals surface area contributed by atoms with Gasteiger partial charge in [-0.1, -0.05) is 90.4 Å². The minimum absolute atomic E-state index is 0.00471. The van der Waals surface area contributed by atoms with Gasteiger partial charge < -0.3 is 39.9 Å². The van der Waals surface area contributed by atoms with Crippen LogP contribution in [0.2, 0.25) is 0 Å². The van der Waals surface area contributed by atoms with Gasteiger partial charge in [0.25, 0.3) is 0 Å². The van der Waals surface area contributed by atoms with Crippen LogP contribution in [0, 0.1) is 17.8 Å². The van der Waals surface area contributed by atoms with Gasteiger partial charge in [0.1, 0.15) is 36.6 Å². The monoisotopic (exact) mass is 767 g/mol. The van der Waals surface area contributed by atoms with Crippen molar-refractivity contribution < 1.29 is 43.3 Å². The summed E-state index contributed by atoms with van der Waals surface area (Å²) in [6.07, 6.45) is -0.278. The van der Waals surface area contributed by atoms with E-state index in [1.807, 2.05) is 51.1 Å². The average molecular weight is 768 g/mol. The lowest BCUT2D eigenvalue weighted by Gasteiger charge is -2.36. The van der Waals surface area contributed by atoms with Crippen molar-refractivity contribution in [2.75, 3.05) is 41.3 Å². The zero-order chi connectivity index (χ0) is 41.4. The van der Waals surface area contributed by atoms with Gasteiger partial charge in [-0.05, 0) is 47.4 Å². The van der Waals surface area contributed by atoms with Gasteiger partial charge in [0.05, 0.1) is 20.2 Å². The normalized spacial score (nSPS) is 13.8. The summed E-state index contributed by atoms with van der Waals surface area (Å²) < 4.78 is 10.9. The van der Waals surface area contributed by atoms with Gasteiger partial charge in [-0.15, -0.1) is 0 Å². The van der Waals surface area contributed by atoms with E-state index in [9.17, 15) is 33.9 Å². The fraction of sp³-hybridized carbons (Fsp3) is 0.561. The zero-order valence-corrected chi connectivity index (χ0v) is 34.0. The summed E-state index contributed by atoms with van der Waals surface area (Å²) in [4.78, 5) is 84.1. The van der Waals surface area contributed by atoms with Crippen LogP contribution in [0.5, 0.6) is 5.75 Å². The average Bonchev–Trinajstić information content (AvgIpc) is 3.17. The van der Waals surface area contributed by atoms with Crippen molar-refractivity contribution >= 4 is 35.5 Å². The maximum atomic E-state index is 14.2. The van der Waals surface area contributed by atoms with Gasteiger partial charge in [-0.2, -0.15) is 0 Å². The minimum Gasteiger partial charge on any atom is -0.497 e. The van der Waals surface area contributed by atoms with E-state index < -0.39 is 72.8 Å². The third-order valence-corrected chi connectivity index (χ3v) is 9.73. The molecule has 0 aromatic heterocycles. The van der Waals surface area contributed by atoms with Crippen molar-refractivity contribution in [2.45, 2.75) is 91.6 Å². The number of amides is 5. The number of nitrogens with zero attached hydrogens (tertiary/aromatic N) is 3. The highest BCUT2D eigenvalue weighted by Crippen LogP contribution is 2.20. The number of aliphatic hydroxyl groups excluding tert-OH is 1. The van der Waals surface area contributed by atoms with Crippen LogP contribution in [0.25, 0.3) is 0 Å². The molecule has 0 heterocycles. The van der Waals surface area contributed by atoms with Crippen molar-refractivity contribution in [1.82, 2.24) is 25.3 Å². The number of esters is 1. The first-order valence-corrected chi connectivity index (χ1v) is 18.8. The summed E-state index contributed by atoms with van der Waals surface area (Å²) in [5.41, 5.74) is 1.55. The van der Waals surface area contributed by atoms with Crippen LogP contribution in [-0.2, 0) is 46.5 Å². The molecule has 14 heteroatoms. The number of carbonyl (C=O) groups is 6. The molecule has 2 rings (SSSR count). The second-order valence-corrected chi connectivity index (χ2v) is 14.7. The Kier molecular flexibility index (Phi) is 18.8. The Labute approximate surface area is 325 Å². The third kappa shape index (κ3) is 14.0. The Balaban J connectivity index is 2.20. The second kappa shape index (κ2) is 22.4. The largest absolute Gasteiger partial charge is 0.497 e. The molecule has 0 bridgehead atoms. The number of ether oxygens (including phenoxy) is 2. The van der Waals surface area contributed by atoms with Gasteiger partial charge >= 0.3 is 5.97 Å². The Morgan fingerprint density at radius 3 is 1.82 bits per heavy atom. The first-order chi connectivity index (χ1) is 25.9. The molecule has 2 aromatic carbocycles. The van der Waals surface area contributed by atoms with Crippen molar-refractivity contribution in [3.8, 4) is 5.75 Å². The molecule has 0 aliphatic rings. The number of benzene rings is 2. The van der Waals surface area contributed by atoms with Gasteiger partial charge in [-0.25, -0.2) is 4.79 Å². The lowest BCUT2D eigenvalue weighted by molar-refractivity contribution is -0.158. The molecule has 0 fully saturated rings. The maximum absolute atomic E-state index is 14.2. The Morgan fingerprint density at radius 2 is 1.29 bits per heavy atom. The highest BCUT2D eigenvalue weighted by atomic mass is 16.5. The van der Waals surface area contributed by atoms with E-state index >= 15 is 0 Å². The molecule has 2 aromatic rings. The SMILES string of the molecule is CC[C@H](C)[C@H](O)C(=O)NCC(=O)N(C)[C@@H](CC(C)C)C(=O)NCC(=O)N(C)[C@H](C(=O)N(C)[C@@H](Cc1ccc(OC)cc1)C(=O)OCc1ccccc1)C(C)C. The first kappa shape index (κ1) is 46.2. The molecule has 5 amide bonds. The summed E-state index contributed by atoms with van der Waals surface area (Å²) in [6.45, 7) is 10.0. The van der Waals surface area contributed by atoms with Crippen LogP contribution in [0.15, 0.2) is 54.6 Å². The van der Waals surface area contributed by atoms with Crippen LogP contribution >= 0.6 is 0 Å². The Morgan fingerprint density at radius 1 is 0.727 bits per heavy atom. The topological polar surface area (TPSA) is 175 Å². The number of methoxy groups -OCH3 is 1. The van der Waals surface area contributed by atoms with E-state index in [2.05, 4.69) is 10.6 Å². The van der Waals surface area contributed by atoms with Crippen molar-refractivity contribution in [2.24, 2.45) is 17.8 Å². The quantitative estimate of drug-likeness (QED) is 0.162. The van der Waals surface area contributed by atoms with E-state index in [0.29, 0.717) is 12.2 Å². The molecule has 55 heavy (non-hydrogen) atoms. The van der Waals surface area contributed by atoms with Crippen LogP contribution < -0.4 is 15.4 Å². The molecule has 0 unspecified atom stereocenters. The highest BCUT2D eigenvalue weighted by Gasteiger charge is 2.38. The smallest absolute Gasteiger partial charge is 0.329 e. The molecule has 0 spiro atoms. The summed E-state index contributed by atoms with van der Waals surface area (Å²) in [6, 6.07) is 13.3. The number of rotatable bonds is 21. The lowest BCUT2D eigenvalue weighted by atomic mass is 9.98. The predicted octanol–water partition coefficient (Wildman–Crippen LogP) is 2.80. The molecular weight excluding hydrogens is 706 g/mol. The molecule has 3 N–H and O–H groups in total. The molecular formula is C41H61N5O9. The summed E-state index contributed by atoms with van der Waals surface area (Å²) in [7, 11) is 5.97. The standard InChI is InChI=1S/C41H61N5O9/c1-11-28(6)37(49)39(51)43-23-34(47)44(7)32(21-26(2)3)38(50)42-24-35(48)46(9)36(27(4)5)40(52)45(8)33(22-29-17-19-31(54-10)20-18-29)41(53)55-25-30-15-13-12-14-16-30/h12-20,26-28,32-33,36-37,49H,11,21-25H2,1-10H3,(H,42,50)(H,43,51)/t28-,32-,33-,36-,37-/m0/s1. The van der Waals surface area contributed by atoms with Crippen LogP contribution in [0.3, 0.4) is 0 Å². The number of nitrogens with one attached hydrogen (secondary N) is 2. The number of aliphatic hydroxyl groups is 1. The van der Waals surface area contributed by atoms with Crippen LogP contribution in [0.1, 0.15) is 65.5 Å².